The summed E-state index contributed by atoms with van der Waals surface area (Å²) < 4.78 is 0. The Kier molecular flexibility index (Phi) is 3.51. The highest BCUT2D eigenvalue weighted by atomic mass is 15.0. The second kappa shape index (κ2) is 5.08. The number of pyridine rings is 1. The Hall–Kier alpha value is -2.03. The molecule has 0 bridgehead atoms. The van der Waals surface area contributed by atoms with E-state index in [9.17, 15) is 0 Å². The fraction of sp³-hybridized carbons (Fsp3) is 0.267. The van der Waals surface area contributed by atoms with Gasteiger partial charge in [0.05, 0.1) is 6.04 Å². The van der Waals surface area contributed by atoms with Gasteiger partial charge in [0.15, 0.2) is 0 Å². The fourth-order valence-corrected chi connectivity index (χ4v) is 1.99. The molecule has 0 spiro atoms. The molecule has 1 atom stereocenters. The number of nitrogens with two attached hydrogens (primary N) is 1. The molecule has 0 saturated carbocycles. The van der Waals surface area contributed by atoms with Crippen LogP contribution in [0.15, 0.2) is 36.5 Å². The number of hydrogen-bond donors (Lipinski definition) is 2. The van der Waals surface area contributed by atoms with E-state index >= 15 is 0 Å². The van der Waals surface area contributed by atoms with Gasteiger partial charge < -0.3 is 11.1 Å². The van der Waals surface area contributed by atoms with Crippen LogP contribution in [0.1, 0.15) is 29.7 Å². The zero-order valence-electron chi connectivity index (χ0n) is 11.1. The van der Waals surface area contributed by atoms with E-state index in [0.29, 0.717) is 0 Å². The minimum Gasteiger partial charge on any atom is -0.398 e. The van der Waals surface area contributed by atoms with Crippen molar-refractivity contribution in [3.05, 3.63) is 53.2 Å². The molecule has 0 aliphatic rings. The van der Waals surface area contributed by atoms with Crippen molar-refractivity contribution in [2.75, 3.05) is 11.1 Å². The molecule has 1 unspecified atom stereocenters. The summed E-state index contributed by atoms with van der Waals surface area (Å²) >= 11 is 0. The van der Waals surface area contributed by atoms with Crippen LogP contribution in [0.3, 0.4) is 0 Å². The molecule has 3 nitrogen and oxygen atoms in total. The van der Waals surface area contributed by atoms with Crippen LogP contribution in [0.5, 0.6) is 0 Å². The lowest BCUT2D eigenvalue weighted by molar-refractivity contribution is 0.864. The van der Waals surface area contributed by atoms with Crippen molar-refractivity contribution >= 4 is 11.5 Å². The van der Waals surface area contributed by atoms with Crippen LogP contribution in [-0.4, -0.2) is 4.98 Å². The lowest BCUT2D eigenvalue weighted by Crippen LogP contribution is -2.09. The van der Waals surface area contributed by atoms with Gasteiger partial charge in [0, 0.05) is 18.0 Å². The predicted molar refractivity (Wildman–Crippen MR) is 76.6 cm³/mol. The number of aryl methyl sites for hydroxylation is 2. The largest absolute Gasteiger partial charge is 0.398 e. The third-order valence-corrected chi connectivity index (χ3v) is 3.16. The molecule has 94 valence electrons. The zero-order valence-corrected chi connectivity index (χ0v) is 11.1. The van der Waals surface area contributed by atoms with Gasteiger partial charge in [-0.3, -0.25) is 0 Å². The molecule has 18 heavy (non-hydrogen) atoms. The fourth-order valence-electron chi connectivity index (χ4n) is 1.99. The van der Waals surface area contributed by atoms with Crippen LogP contribution < -0.4 is 11.1 Å². The summed E-state index contributed by atoms with van der Waals surface area (Å²) in [7, 11) is 0. The second-order valence-corrected chi connectivity index (χ2v) is 4.65. The van der Waals surface area contributed by atoms with Gasteiger partial charge in [-0.05, 0) is 37.5 Å². The van der Waals surface area contributed by atoms with Gasteiger partial charge in [0.25, 0.3) is 0 Å². The predicted octanol–water partition coefficient (Wildman–Crippen LogP) is 3.45. The van der Waals surface area contributed by atoms with Crippen molar-refractivity contribution in [2.24, 2.45) is 0 Å². The Morgan fingerprint density at radius 2 is 1.89 bits per heavy atom. The van der Waals surface area contributed by atoms with Crippen molar-refractivity contribution in [1.82, 2.24) is 4.98 Å². The molecule has 0 saturated heterocycles. The van der Waals surface area contributed by atoms with Gasteiger partial charge in [-0.15, -0.1) is 0 Å². The first-order valence-electron chi connectivity index (χ1n) is 6.12. The molecule has 1 aromatic carbocycles. The molecule has 0 aliphatic heterocycles. The molecule has 0 amide bonds. The first-order valence-corrected chi connectivity index (χ1v) is 6.12. The summed E-state index contributed by atoms with van der Waals surface area (Å²) in [6.45, 7) is 6.20. The minimum absolute atomic E-state index is 0.209. The first kappa shape index (κ1) is 12.4. The van der Waals surface area contributed by atoms with Crippen molar-refractivity contribution in [3.8, 4) is 0 Å². The molecular formula is C15H19N3. The second-order valence-electron chi connectivity index (χ2n) is 4.65. The monoisotopic (exact) mass is 241 g/mol. The van der Waals surface area contributed by atoms with E-state index in [4.69, 9.17) is 5.73 Å². The molecule has 0 fully saturated rings. The van der Waals surface area contributed by atoms with Gasteiger partial charge in [-0.2, -0.15) is 0 Å². The van der Waals surface area contributed by atoms with E-state index in [-0.39, 0.29) is 6.04 Å². The van der Waals surface area contributed by atoms with E-state index in [0.717, 1.165) is 17.1 Å². The highest BCUT2D eigenvalue weighted by molar-refractivity contribution is 5.54. The zero-order chi connectivity index (χ0) is 13.1. The molecule has 0 aliphatic carbocycles. The van der Waals surface area contributed by atoms with Crippen LogP contribution in [0.4, 0.5) is 11.5 Å². The highest BCUT2D eigenvalue weighted by Crippen LogP contribution is 2.22. The van der Waals surface area contributed by atoms with E-state index in [1.807, 2.05) is 19.1 Å². The summed E-state index contributed by atoms with van der Waals surface area (Å²) in [5.41, 5.74) is 10.2. The average Bonchev–Trinajstić information content (AvgIpc) is 2.34. The SMILES string of the molecule is Cc1cnc(NC(C)c2ccccc2C)cc1N. The molecule has 2 rings (SSSR count). The lowest BCUT2D eigenvalue weighted by Gasteiger charge is -2.17. The third kappa shape index (κ3) is 2.62. The van der Waals surface area contributed by atoms with Crippen molar-refractivity contribution in [1.29, 1.82) is 0 Å². The molecule has 1 aromatic heterocycles. The van der Waals surface area contributed by atoms with Crippen LogP contribution in [-0.2, 0) is 0 Å². The van der Waals surface area contributed by atoms with Crippen LogP contribution in [0.25, 0.3) is 0 Å². The quantitative estimate of drug-likeness (QED) is 0.865. The Bertz CT molecular complexity index is 549. The maximum absolute atomic E-state index is 5.88. The number of rotatable bonds is 3. The maximum Gasteiger partial charge on any atom is 0.128 e. The smallest absolute Gasteiger partial charge is 0.128 e. The van der Waals surface area contributed by atoms with Crippen LogP contribution in [0, 0.1) is 13.8 Å². The van der Waals surface area contributed by atoms with Crippen molar-refractivity contribution < 1.29 is 0 Å². The molecule has 1 heterocycles. The number of benzene rings is 1. The van der Waals surface area contributed by atoms with Gasteiger partial charge in [-0.25, -0.2) is 4.98 Å². The Morgan fingerprint density at radius 3 is 2.56 bits per heavy atom. The number of aromatic nitrogens is 1. The highest BCUT2D eigenvalue weighted by Gasteiger charge is 2.08. The summed E-state index contributed by atoms with van der Waals surface area (Å²) in [6.07, 6.45) is 1.79. The van der Waals surface area contributed by atoms with Gasteiger partial charge in [0.2, 0.25) is 0 Å². The van der Waals surface area contributed by atoms with Crippen LogP contribution >= 0.6 is 0 Å². The van der Waals surface area contributed by atoms with E-state index in [1.54, 1.807) is 6.20 Å². The number of nitrogens with zero attached hydrogens (tertiary/aromatic N) is 1. The van der Waals surface area contributed by atoms with Crippen LogP contribution in [0.2, 0.25) is 0 Å². The summed E-state index contributed by atoms with van der Waals surface area (Å²) in [5.74, 6) is 0.814. The summed E-state index contributed by atoms with van der Waals surface area (Å²) in [4.78, 5) is 4.34. The third-order valence-electron chi connectivity index (χ3n) is 3.16. The number of nitrogen functional groups attached to an aromatic ring is 1. The molecule has 3 heteroatoms. The normalized spacial score (nSPS) is 12.2. The number of hydrogen-bond acceptors (Lipinski definition) is 3. The summed E-state index contributed by atoms with van der Waals surface area (Å²) in [6, 6.07) is 10.4. The van der Waals surface area contributed by atoms with E-state index in [2.05, 4.69) is 42.3 Å². The average molecular weight is 241 g/mol. The molecule has 2 aromatic rings. The molecule has 3 N–H and O–H groups in total. The maximum atomic E-state index is 5.88. The standard InChI is InChI=1S/C15H19N3/c1-10-6-4-5-7-13(10)12(3)18-15-8-14(16)11(2)9-17-15/h4-9,12H,1-3H3,(H3,16,17,18). The van der Waals surface area contributed by atoms with Gasteiger partial charge in [0.1, 0.15) is 5.82 Å². The first-order chi connectivity index (χ1) is 8.58. The van der Waals surface area contributed by atoms with E-state index < -0.39 is 0 Å². The summed E-state index contributed by atoms with van der Waals surface area (Å²) in [5, 5.41) is 3.38. The van der Waals surface area contributed by atoms with Crippen molar-refractivity contribution in [3.63, 3.8) is 0 Å². The van der Waals surface area contributed by atoms with E-state index in [1.165, 1.54) is 11.1 Å². The topological polar surface area (TPSA) is 50.9 Å². The number of anilines is 2. The van der Waals surface area contributed by atoms with Gasteiger partial charge in [-0.1, -0.05) is 24.3 Å². The number of nitrogens with one attached hydrogen (secondary N) is 1. The van der Waals surface area contributed by atoms with Gasteiger partial charge >= 0.3 is 0 Å². The Morgan fingerprint density at radius 1 is 1.17 bits per heavy atom. The molecule has 0 radical (unpaired) electrons. The molecular weight excluding hydrogens is 222 g/mol. The van der Waals surface area contributed by atoms with Crippen molar-refractivity contribution in [2.45, 2.75) is 26.8 Å². The Labute approximate surface area is 108 Å². The lowest BCUT2D eigenvalue weighted by atomic mass is 10.0. The minimum atomic E-state index is 0.209. The Balaban J connectivity index is 2.19.